The number of ether oxygens (including phenoxy) is 1. The molecule has 2 saturated heterocycles. The van der Waals surface area contributed by atoms with Crippen molar-refractivity contribution in [1.82, 2.24) is 9.80 Å². The molecule has 0 bridgehead atoms. The number of likely N-dealkylation sites (tertiary alicyclic amines) is 1. The second-order valence-electron chi connectivity index (χ2n) is 7.04. The minimum atomic E-state index is -0.115. The van der Waals surface area contributed by atoms with Crippen LogP contribution in [0.25, 0.3) is 0 Å². The van der Waals surface area contributed by atoms with Crippen molar-refractivity contribution in [3.63, 3.8) is 0 Å². The quantitative estimate of drug-likeness (QED) is 0.791. The average Bonchev–Trinajstić information content (AvgIpc) is 2.96. The van der Waals surface area contributed by atoms with E-state index in [1.807, 2.05) is 6.07 Å². The number of benzene rings is 1. The summed E-state index contributed by atoms with van der Waals surface area (Å²) in [5.41, 5.74) is 0.776. The second kappa shape index (κ2) is 7.60. The Morgan fingerprint density at radius 3 is 2.65 bits per heavy atom. The van der Waals surface area contributed by atoms with Crippen LogP contribution in [0.1, 0.15) is 18.4 Å². The van der Waals surface area contributed by atoms with Crippen LogP contribution in [-0.4, -0.2) is 56.2 Å². The third-order valence-electron chi connectivity index (χ3n) is 5.39. The number of hydrogen-bond acceptors (Lipinski definition) is 3. The van der Waals surface area contributed by atoms with Crippen LogP contribution in [0.2, 0.25) is 0 Å². The zero-order valence-electron chi connectivity index (χ0n) is 14.0. The molecule has 0 radical (unpaired) electrons. The summed E-state index contributed by atoms with van der Waals surface area (Å²) in [7, 11) is 4.33. The molecule has 3 nitrogen and oxygen atoms in total. The van der Waals surface area contributed by atoms with Crippen LogP contribution in [0.3, 0.4) is 0 Å². The van der Waals surface area contributed by atoms with Gasteiger partial charge in [-0.05, 0) is 50.9 Å². The Morgan fingerprint density at radius 1 is 1.26 bits per heavy atom. The number of rotatable bonds is 4. The first-order chi connectivity index (χ1) is 11.1. The Balaban J connectivity index is 1.72. The van der Waals surface area contributed by atoms with Crippen molar-refractivity contribution in [2.45, 2.75) is 25.4 Å². The molecule has 2 atom stereocenters. The highest BCUT2D eigenvalue weighted by atomic mass is 79.9. The first kappa shape index (κ1) is 17.3. The van der Waals surface area contributed by atoms with Gasteiger partial charge in [-0.25, -0.2) is 4.39 Å². The highest BCUT2D eigenvalue weighted by molar-refractivity contribution is 9.10. The Bertz CT molecular complexity index is 514. The maximum Gasteiger partial charge on any atom is 0.128 e. The van der Waals surface area contributed by atoms with Crippen LogP contribution in [0.15, 0.2) is 22.7 Å². The molecule has 1 aromatic carbocycles. The van der Waals surface area contributed by atoms with Crippen molar-refractivity contribution in [3.05, 3.63) is 34.1 Å². The Morgan fingerprint density at radius 2 is 2.00 bits per heavy atom. The Kier molecular flexibility index (Phi) is 5.73. The van der Waals surface area contributed by atoms with Crippen molar-refractivity contribution in [1.29, 1.82) is 0 Å². The zero-order chi connectivity index (χ0) is 16.4. The smallest absolute Gasteiger partial charge is 0.128 e. The predicted octanol–water partition coefficient (Wildman–Crippen LogP) is 3.38. The van der Waals surface area contributed by atoms with Gasteiger partial charge in [-0.1, -0.05) is 22.0 Å². The molecule has 2 fully saturated rings. The van der Waals surface area contributed by atoms with Gasteiger partial charge < -0.3 is 9.64 Å². The summed E-state index contributed by atoms with van der Waals surface area (Å²) in [5, 5.41) is 0. The lowest BCUT2D eigenvalue weighted by Gasteiger charge is -2.33. The highest BCUT2D eigenvalue weighted by Crippen LogP contribution is 2.34. The minimum absolute atomic E-state index is 0.115. The van der Waals surface area contributed by atoms with Gasteiger partial charge in [-0.3, -0.25) is 4.90 Å². The van der Waals surface area contributed by atoms with Crippen molar-refractivity contribution in [2.24, 2.45) is 11.8 Å². The standard InChI is InChI=1S/C18H26BrFN2O/c1-21(2)18-12-22(10-14(18)13-6-8-23-9-7-13)11-15-16(19)4-3-5-17(15)20/h3-5,13-14,18H,6-12H2,1-2H3/t14-,18+/m1/s1. The lowest BCUT2D eigenvalue weighted by Crippen LogP contribution is -2.39. The Hall–Kier alpha value is -0.490. The molecular weight excluding hydrogens is 359 g/mol. The summed E-state index contributed by atoms with van der Waals surface area (Å²) in [6.07, 6.45) is 2.32. The first-order valence-electron chi connectivity index (χ1n) is 8.45. The number of nitrogens with zero attached hydrogens (tertiary/aromatic N) is 2. The maximum absolute atomic E-state index is 14.1. The summed E-state index contributed by atoms with van der Waals surface area (Å²) in [6.45, 7) is 4.52. The molecule has 1 aromatic rings. The first-order valence-corrected chi connectivity index (χ1v) is 9.25. The molecular formula is C18H26BrFN2O. The number of likely N-dealkylation sites (N-methyl/N-ethyl adjacent to an activating group) is 1. The summed E-state index contributed by atoms with van der Waals surface area (Å²) >= 11 is 3.50. The van der Waals surface area contributed by atoms with Gasteiger partial charge in [0.15, 0.2) is 0 Å². The van der Waals surface area contributed by atoms with Crippen LogP contribution in [0.5, 0.6) is 0 Å². The molecule has 5 heteroatoms. The van der Waals surface area contributed by atoms with E-state index in [9.17, 15) is 4.39 Å². The van der Waals surface area contributed by atoms with Gasteiger partial charge in [0.2, 0.25) is 0 Å². The van der Waals surface area contributed by atoms with Crippen LogP contribution in [0, 0.1) is 17.7 Å². The third-order valence-corrected chi connectivity index (χ3v) is 6.13. The van der Waals surface area contributed by atoms with Gasteiger partial charge in [-0.2, -0.15) is 0 Å². The fourth-order valence-electron chi connectivity index (χ4n) is 4.08. The monoisotopic (exact) mass is 384 g/mol. The van der Waals surface area contributed by atoms with E-state index in [1.54, 1.807) is 12.1 Å². The third kappa shape index (κ3) is 3.95. The van der Waals surface area contributed by atoms with E-state index in [0.717, 1.165) is 55.1 Å². The van der Waals surface area contributed by atoms with Crippen molar-refractivity contribution < 1.29 is 9.13 Å². The molecule has 2 aliphatic heterocycles. The molecule has 2 heterocycles. The second-order valence-corrected chi connectivity index (χ2v) is 7.89. The lowest BCUT2D eigenvalue weighted by atomic mass is 9.82. The molecule has 3 rings (SSSR count). The average molecular weight is 385 g/mol. The molecule has 23 heavy (non-hydrogen) atoms. The SMILES string of the molecule is CN(C)[C@H]1CN(Cc2c(F)cccc2Br)C[C@@H]1C1CCOCC1. The van der Waals surface area contributed by atoms with Gasteiger partial charge in [0, 0.05) is 48.9 Å². The van der Waals surface area contributed by atoms with Crippen molar-refractivity contribution >= 4 is 15.9 Å². The van der Waals surface area contributed by atoms with Crippen LogP contribution in [0.4, 0.5) is 4.39 Å². The minimum Gasteiger partial charge on any atom is -0.381 e. The summed E-state index contributed by atoms with van der Waals surface area (Å²) in [4.78, 5) is 4.75. The van der Waals surface area contributed by atoms with Gasteiger partial charge in [0.05, 0.1) is 0 Å². The van der Waals surface area contributed by atoms with Crippen molar-refractivity contribution in [2.75, 3.05) is 40.4 Å². The molecule has 0 aliphatic carbocycles. The molecule has 0 amide bonds. The van der Waals surface area contributed by atoms with Gasteiger partial charge in [-0.15, -0.1) is 0 Å². The Labute approximate surface area is 146 Å². The summed E-state index contributed by atoms with van der Waals surface area (Å²) in [5.74, 6) is 1.26. The molecule has 0 aromatic heterocycles. The fourth-order valence-corrected chi connectivity index (χ4v) is 4.55. The largest absolute Gasteiger partial charge is 0.381 e. The van der Waals surface area contributed by atoms with E-state index >= 15 is 0 Å². The molecule has 0 unspecified atom stereocenters. The number of halogens is 2. The van der Waals surface area contributed by atoms with E-state index in [0.29, 0.717) is 18.5 Å². The molecule has 0 saturated carbocycles. The van der Waals surface area contributed by atoms with Crippen LogP contribution >= 0.6 is 15.9 Å². The van der Waals surface area contributed by atoms with Crippen molar-refractivity contribution in [3.8, 4) is 0 Å². The van der Waals surface area contributed by atoms with E-state index in [2.05, 4.69) is 39.8 Å². The topological polar surface area (TPSA) is 15.7 Å². The summed E-state index contributed by atoms with van der Waals surface area (Å²) < 4.78 is 20.5. The van der Waals surface area contributed by atoms with Gasteiger partial charge in [0.25, 0.3) is 0 Å². The highest BCUT2D eigenvalue weighted by Gasteiger charge is 2.39. The summed E-state index contributed by atoms with van der Waals surface area (Å²) in [6, 6.07) is 5.77. The van der Waals surface area contributed by atoms with Gasteiger partial charge >= 0.3 is 0 Å². The normalized spacial score (nSPS) is 27.0. The van der Waals surface area contributed by atoms with Crippen LogP contribution < -0.4 is 0 Å². The molecule has 0 spiro atoms. The molecule has 0 N–H and O–H groups in total. The molecule has 2 aliphatic rings. The van der Waals surface area contributed by atoms with E-state index < -0.39 is 0 Å². The van der Waals surface area contributed by atoms with E-state index in [-0.39, 0.29) is 5.82 Å². The molecule has 128 valence electrons. The van der Waals surface area contributed by atoms with E-state index in [4.69, 9.17) is 4.74 Å². The van der Waals surface area contributed by atoms with Gasteiger partial charge in [0.1, 0.15) is 5.82 Å². The van der Waals surface area contributed by atoms with Crippen LogP contribution in [-0.2, 0) is 11.3 Å². The fraction of sp³-hybridized carbons (Fsp3) is 0.667. The predicted molar refractivity (Wildman–Crippen MR) is 93.9 cm³/mol. The zero-order valence-corrected chi connectivity index (χ0v) is 15.6. The lowest BCUT2D eigenvalue weighted by molar-refractivity contribution is 0.0369. The maximum atomic E-state index is 14.1. The number of hydrogen-bond donors (Lipinski definition) is 0. The van der Waals surface area contributed by atoms with E-state index in [1.165, 1.54) is 0 Å².